The van der Waals surface area contributed by atoms with E-state index in [4.69, 9.17) is 11.6 Å². The number of pyridine rings is 1. The maximum Gasteiger partial charge on any atom is 0.319 e. The van der Waals surface area contributed by atoms with Crippen LogP contribution in [0.25, 0.3) is 0 Å². The van der Waals surface area contributed by atoms with E-state index < -0.39 is 36.3 Å². The van der Waals surface area contributed by atoms with E-state index in [1.54, 1.807) is 0 Å². The van der Waals surface area contributed by atoms with Gasteiger partial charge in [-0.1, -0.05) is 11.6 Å². The second-order valence-corrected chi connectivity index (χ2v) is 7.98. The molecule has 0 spiro atoms. The number of carbonyl (C=O) groups is 1. The Balaban J connectivity index is 3.02. The van der Waals surface area contributed by atoms with Crippen molar-refractivity contribution in [1.82, 2.24) is 10.3 Å². The zero-order valence-corrected chi connectivity index (χ0v) is 13.2. The Morgan fingerprint density at radius 1 is 1.52 bits per heavy atom. The molecule has 0 aliphatic heterocycles. The lowest BCUT2D eigenvalue weighted by atomic mass is 10.2. The van der Waals surface area contributed by atoms with E-state index in [2.05, 4.69) is 10.3 Å². The molecule has 0 radical (unpaired) electrons. The summed E-state index contributed by atoms with van der Waals surface area (Å²) >= 11 is 5.60. The first-order chi connectivity index (χ1) is 9.47. The summed E-state index contributed by atoms with van der Waals surface area (Å²) in [6, 6.07) is 1.15. The number of amides is 1. The molecule has 0 saturated heterocycles. The van der Waals surface area contributed by atoms with Gasteiger partial charge in [0.1, 0.15) is 5.56 Å². The summed E-state index contributed by atoms with van der Waals surface area (Å²) in [5.74, 6) is -0.789. The second kappa shape index (κ2) is 5.94. The summed E-state index contributed by atoms with van der Waals surface area (Å²) in [5, 5.41) is 12.9. The molecule has 1 N–H and O–H groups in total. The molecule has 1 aromatic heterocycles. The molecule has 116 valence electrons. The Labute approximate surface area is 126 Å². The van der Waals surface area contributed by atoms with Crippen LogP contribution in [-0.2, 0) is 9.84 Å². The van der Waals surface area contributed by atoms with Gasteiger partial charge < -0.3 is 5.32 Å². The van der Waals surface area contributed by atoms with Crippen LogP contribution in [-0.4, -0.2) is 41.8 Å². The zero-order valence-electron chi connectivity index (χ0n) is 11.6. The van der Waals surface area contributed by atoms with E-state index in [1.807, 2.05) is 0 Å². The Hall–Kier alpha value is -1.74. The number of halogens is 1. The van der Waals surface area contributed by atoms with E-state index in [0.717, 1.165) is 18.5 Å². The van der Waals surface area contributed by atoms with Gasteiger partial charge in [0, 0.05) is 19.0 Å². The van der Waals surface area contributed by atoms with Crippen LogP contribution < -0.4 is 5.32 Å². The predicted octanol–water partition coefficient (Wildman–Crippen LogP) is 1.20. The van der Waals surface area contributed by atoms with Crippen molar-refractivity contribution in [3.8, 4) is 0 Å². The molecule has 8 nitrogen and oxygen atoms in total. The molecule has 0 fully saturated rings. The van der Waals surface area contributed by atoms with Gasteiger partial charge in [-0.05, 0) is 19.9 Å². The number of carbonyl (C=O) groups excluding carboxylic acids is 1. The third kappa shape index (κ3) is 3.88. The summed E-state index contributed by atoms with van der Waals surface area (Å²) in [6.45, 7) is 2.69. The quantitative estimate of drug-likeness (QED) is 0.490. The van der Waals surface area contributed by atoms with E-state index >= 15 is 0 Å². The van der Waals surface area contributed by atoms with Gasteiger partial charge in [0.05, 0.1) is 9.67 Å². The lowest BCUT2D eigenvalue weighted by molar-refractivity contribution is -0.385. The van der Waals surface area contributed by atoms with Gasteiger partial charge >= 0.3 is 5.69 Å². The number of hydrogen-bond donors (Lipinski definition) is 1. The Bertz CT molecular complexity index is 687. The average molecular weight is 336 g/mol. The van der Waals surface area contributed by atoms with Crippen molar-refractivity contribution >= 4 is 33.0 Å². The summed E-state index contributed by atoms with van der Waals surface area (Å²) in [4.78, 5) is 25.6. The molecule has 1 rings (SSSR count). The summed E-state index contributed by atoms with van der Waals surface area (Å²) < 4.78 is 21.9. The number of nitrogens with zero attached hydrogens (tertiary/aromatic N) is 2. The first-order valence-corrected chi connectivity index (χ1v) is 8.01. The molecule has 0 atom stereocenters. The highest BCUT2D eigenvalue weighted by atomic mass is 35.5. The van der Waals surface area contributed by atoms with Gasteiger partial charge in [0.2, 0.25) is 5.15 Å². The van der Waals surface area contributed by atoms with Crippen molar-refractivity contribution in [1.29, 1.82) is 0 Å². The van der Waals surface area contributed by atoms with Crippen LogP contribution in [0.3, 0.4) is 0 Å². The lowest BCUT2D eigenvalue weighted by Gasteiger charge is -2.22. The number of hydrogen-bond acceptors (Lipinski definition) is 6. The maximum atomic E-state index is 12.0. The summed E-state index contributed by atoms with van der Waals surface area (Å²) in [7, 11) is -3.40. The monoisotopic (exact) mass is 335 g/mol. The van der Waals surface area contributed by atoms with Crippen molar-refractivity contribution in [2.45, 2.75) is 18.6 Å². The molecule has 1 heterocycles. The number of nitrogens with one attached hydrogen (secondary N) is 1. The Morgan fingerprint density at radius 3 is 2.57 bits per heavy atom. The molecule has 1 aromatic rings. The van der Waals surface area contributed by atoms with Gasteiger partial charge in [-0.3, -0.25) is 14.9 Å². The van der Waals surface area contributed by atoms with Crippen LogP contribution in [0.15, 0.2) is 12.3 Å². The van der Waals surface area contributed by atoms with Crippen LogP contribution in [0, 0.1) is 10.1 Å². The third-order valence-electron chi connectivity index (χ3n) is 2.99. The fraction of sp³-hybridized carbons (Fsp3) is 0.455. The Kier molecular flexibility index (Phi) is 4.90. The van der Waals surface area contributed by atoms with Crippen LogP contribution in [0.4, 0.5) is 5.69 Å². The fourth-order valence-electron chi connectivity index (χ4n) is 1.30. The third-order valence-corrected chi connectivity index (χ3v) is 5.41. The number of rotatable bonds is 5. The van der Waals surface area contributed by atoms with Gasteiger partial charge in [0.25, 0.3) is 5.91 Å². The maximum absolute atomic E-state index is 12.0. The largest absolute Gasteiger partial charge is 0.350 e. The topological polar surface area (TPSA) is 119 Å². The molecule has 0 bridgehead atoms. The molecule has 10 heteroatoms. The van der Waals surface area contributed by atoms with Gasteiger partial charge in [-0.15, -0.1) is 0 Å². The zero-order chi connectivity index (χ0) is 16.4. The van der Waals surface area contributed by atoms with Crippen LogP contribution in [0.1, 0.15) is 24.2 Å². The van der Waals surface area contributed by atoms with E-state index in [0.29, 0.717) is 0 Å². The highest BCUT2D eigenvalue weighted by Gasteiger charge is 2.32. The Morgan fingerprint density at radius 2 is 2.10 bits per heavy atom. The minimum absolute atomic E-state index is 0.193. The smallest absolute Gasteiger partial charge is 0.319 e. The van der Waals surface area contributed by atoms with Crippen molar-refractivity contribution in [2.75, 3.05) is 12.8 Å². The van der Waals surface area contributed by atoms with E-state index in [1.165, 1.54) is 13.8 Å². The molecule has 0 aromatic carbocycles. The standard InChI is InChI=1S/C11H14ClN3O5S/c1-11(2,21(3,19)20)6-14-10(16)7-4-5-13-9(12)8(7)15(17)18/h4-5H,6H2,1-3H3,(H,14,16). The predicted molar refractivity (Wildman–Crippen MR) is 77.2 cm³/mol. The summed E-state index contributed by atoms with van der Waals surface area (Å²) in [5.41, 5.74) is -0.891. The minimum Gasteiger partial charge on any atom is -0.350 e. The molecule has 0 aliphatic rings. The van der Waals surface area contributed by atoms with E-state index in [-0.39, 0.29) is 12.1 Å². The number of sulfone groups is 1. The molecule has 0 unspecified atom stereocenters. The van der Waals surface area contributed by atoms with Gasteiger partial charge in [0.15, 0.2) is 9.84 Å². The van der Waals surface area contributed by atoms with Crippen molar-refractivity contribution in [3.05, 3.63) is 33.1 Å². The number of nitro groups is 1. The molecule has 1 amide bonds. The van der Waals surface area contributed by atoms with Gasteiger partial charge in [-0.2, -0.15) is 0 Å². The number of aromatic nitrogens is 1. The average Bonchev–Trinajstić information content (AvgIpc) is 2.33. The van der Waals surface area contributed by atoms with Crippen molar-refractivity contribution in [3.63, 3.8) is 0 Å². The first-order valence-electron chi connectivity index (χ1n) is 5.74. The van der Waals surface area contributed by atoms with Crippen LogP contribution in [0.5, 0.6) is 0 Å². The highest BCUT2D eigenvalue weighted by molar-refractivity contribution is 7.92. The molecule has 0 aliphatic carbocycles. The molecule has 0 saturated carbocycles. The van der Waals surface area contributed by atoms with E-state index in [9.17, 15) is 23.3 Å². The van der Waals surface area contributed by atoms with Crippen molar-refractivity contribution < 1.29 is 18.1 Å². The highest BCUT2D eigenvalue weighted by Crippen LogP contribution is 2.26. The molecule has 21 heavy (non-hydrogen) atoms. The van der Waals surface area contributed by atoms with Crippen LogP contribution in [0.2, 0.25) is 5.15 Å². The SMILES string of the molecule is CC(C)(CNC(=O)c1ccnc(Cl)c1[N+](=O)[O-])S(C)(=O)=O. The van der Waals surface area contributed by atoms with Crippen molar-refractivity contribution in [2.24, 2.45) is 0 Å². The summed E-state index contributed by atoms with van der Waals surface area (Å²) in [6.07, 6.45) is 2.21. The molecular weight excluding hydrogens is 322 g/mol. The first kappa shape index (κ1) is 17.3. The van der Waals surface area contributed by atoms with Gasteiger partial charge in [-0.25, -0.2) is 13.4 Å². The second-order valence-electron chi connectivity index (χ2n) is 4.97. The van der Waals surface area contributed by atoms with Crippen LogP contribution >= 0.6 is 11.6 Å². The lowest BCUT2D eigenvalue weighted by Crippen LogP contribution is -2.43. The normalized spacial score (nSPS) is 12.0. The fourth-order valence-corrected chi connectivity index (χ4v) is 1.87. The minimum atomic E-state index is -3.40. The molecular formula is C11H14ClN3O5S.